The van der Waals surface area contributed by atoms with Gasteiger partial charge in [-0.2, -0.15) is 0 Å². The van der Waals surface area contributed by atoms with E-state index < -0.39 is 48.6 Å². The molecule has 10 heteroatoms. The van der Waals surface area contributed by atoms with Gasteiger partial charge < -0.3 is 10.0 Å². The molecule has 0 radical (unpaired) electrons. The molecule has 1 N–H and O–H groups in total. The van der Waals surface area contributed by atoms with E-state index in [0.29, 0.717) is 0 Å². The number of carbonyl (C=O) groups is 2. The van der Waals surface area contributed by atoms with E-state index in [9.17, 15) is 31.5 Å². The summed E-state index contributed by atoms with van der Waals surface area (Å²) in [4.78, 5) is 25.9. The fraction of sp³-hybridized carbons (Fsp3) is 0.529. The molecule has 0 aromatic heterocycles. The van der Waals surface area contributed by atoms with E-state index in [1.165, 1.54) is 17.0 Å². The van der Waals surface area contributed by atoms with E-state index >= 15 is 0 Å². The molecule has 1 aliphatic carbocycles. The summed E-state index contributed by atoms with van der Waals surface area (Å²) in [6.45, 7) is 0.0280. The molecule has 1 aromatic carbocycles. The first-order valence-corrected chi connectivity index (χ1v) is 12.0. The Morgan fingerprint density at radius 1 is 1.00 bits per heavy atom. The van der Waals surface area contributed by atoms with Crippen LogP contribution < -0.4 is 0 Å². The van der Waals surface area contributed by atoms with Crippen molar-refractivity contribution < 1.29 is 31.5 Å². The molecule has 0 spiro atoms. The number of nitrogens with zero attached hydrogens (tertiary/aromatic N) is 1. The first-order valence-electron chi connectivity index (χ1n) is 8.63. The van der Waals surface area contributed by atoms with Crippen molar-refractivity contribution in [1.82, 2.24) is 4.90 Å². The molecule has 1 aromatic rings. The summed E-state index contributed by atoms with van der Waals surface area (Å²) in [6, 6.07) is 7.77. The van der Waals surface area contributed by atoms with Gasteiger partial charge in [0.05, 0.1) is 33.5 Å². The SMILES string of the molecule is O=C(O)[C@@H]1C[C@H](S(=O)(=O)c2ccccc2)C[C@H]1C(=O)N1CCS(=O)(=O)CC1. The highest BCUT2D eigenvalue weighted by Gasteiger charge is 2.49. The highest BCUT2D eigenvalue weighted by molar-refractivity contribution is 7.92. The van der Waals surface area contributed by atoms with Crippen LogP contribution in [0, 0.1) is 11.8 Å². The van der Waals surface area contributed by atoms with E-state index in [1.54, 1.807) is 18.2 Å². The van der Waals surface area contributed by atoms with Crippen LogP contribution in [0.3, 0.4) is 0 Å². The van der Waals surface area contributed by atoms with Gasteiger partial charge in [-0.3, -0.25) is 9.59 Å². The predicted octanol–water partition coefficient (Wildman–Crippen LogP) is 0.197. The summed E-state index contributed by atoms with van der Waals surface area (Å²) in [5, 5.41) is 8.55. The maximum atomic E-state index is 12.8. The van der Waals surface area contributed by atoms with Crippen LogP contribution in [0.2, 0.25) is 0 Å². The quantitative estimate of drug-likeness (QED) is 0.744. The van der Waals surface area contributed by atoms with Crippen LogP contribution in [-0.4, -0.2) is 68.6 Å². The van der Waals surface area contributed by atoms with Crippen molar-refractivity contribution in [2.45, 2.75) is 23.0 Å². The third-order valence-corrected chi connectivity index (χ3v) is 9.12. The lowest BCUT2D eigenvalue weighted by molar-refractivity contribution is -0.149. The van der Waals surface area contributed by atoms with E-state index in [2.05, 4.69) is 0 Å². The second-order valence-corrected chi connectivity index (χ2v) is 11.5. The zero-order valence-corrected chi connectivity index (χ0v) is 16.2. The van der Waals surface area contributed by atoms with Gasteiger partial charge in [0.15, 0.2) is 19.7 Å². The van der Waals surface area contributed by atoms with Gasteiger partial charge in [-0.1, -0.05) is 18.2 Å². The molecule has 3 atom stereocenters. The number of amides is 1. The van der Waals surface area contributed by atoms with Gasteiger partial charge in [0.1, 0.15) is 0 Å². The first-order chi connectivity index (χ1) is 12.6. The zero-order valence-electron chi connectivity index (χ0n) is 14.5. The second-order valence-electron chi connectivity index (χ2n) is 6.98. The Morgan fingerprint density at radius 3 is 2.11 bits per heavy atom. The lowest BCUT2D eigenvalue weighted by atomic mass is 9.95. The summed E-state index contributed by atoms with van der Waals surface area (Å²) in [6.07, 6.45) is -0.203. The van der Waals surface area contributed by atoms with Crippen LogP contribution >= 0.6 is 0 Å². The monoisotopic (exact) mass is 415 g/mol. The molecular formula is C17H21NO7S2. The Bertz CT molecular complexity index is 927. The number of benzene rings is 1. The molecule has 1 amide bonds. The number of carboxylic acid groups (broad SMARTS) is 1. The molecule has 27 heavy (non-hydrogen) atoms. The highest BCUT2D eigenvalue weighted by Crippen LogP contribution is 2.39. The molecular weight excluding hydrogens is 394 g/mol. The van der Waals surface area contributed by atoms with Crippen molar-refractivity contribution in [3.63, 3.8) is 0 Å². The van der Waals surface area contributed by atoms with Gasteiger partial charge in [0.2, 0.25) is 5.91 Å². The molecule has 0 bridgehead atoms. The lowest BCUT2D eigenvalue weighted by Gasteiger charge is -2.30. The number of hydrogen-bond acceptors (Lipinski definition) is 6. The van der Waals surface area contributed by atoms with Crippen molar-refractivity contribution in [3.05, 3.63) is 30.3 Å². The third-order valence-electron chi connectivity index (χ3n) is 5.32. The smallest absolute Gasteiger partial charge is 0.307 e. The number of carboxylic acids is 1. The summed E-state index contributed by atoms with van der Waals surface area (Å²) in [5.74, 6) is -4.05. The normalized spacial score (nSPS) is 28.0. The molecule has 2 fully saturated rings. The molecule has 1 saturated carbocycles. The summed E-state index contributed by atoms with van der Waals surface area (Å²) < 4.78 is 48.8. The standard InChI is InChI=1S/C17H21NO7S2/c19-16(18-6-8-26(22,23)9-7-18)14-10-13(11-15(14)17(20)21)27(24,25)12-4-2-1-3-5-12/h1-5,13-15H,6-11H2,(H,20,21)/t13-,14-,15-/m1/s1. The van der Waals surface area contributed by atoms with Crippen molar-refractivity contribution in [1.29, 1.82) is 0 Å². The minimum atomic E-state index is -3.75. The van der Waals surface area contributed by atoms with Crippen molar-refractivity contribution in [3.8, 4) is 0 Å². The van der Waals surface area contributed by atoms with Gasteiger partial charge >= 0.3 is 5.97 Å². The van der Waals surface area contributed by atoms with Crippen LogP contribution in [0.4, 0.5) is 0 Å². The number of rotatable bonds is 4. The Morgan fingerprint density at radius 2 is 1.56 bits per heavy atom. The van der Waals surface area contributed by atoms with Gasteiger partial charge in [0, 0.05) is 13.1 Å². The average Bonchev–Trinajstić information content (AvgIpc) is 3.08. The van der Waals surface area contributed by atoms with E-state index in [4.69, 9.17) is 0 Å². The van der Waals surface area contributed by atoms with E-state index in [0.717, 1.165) is 0 Å². The van der Waals surface area contributed by atoms with Gasteiger partial charge in [-0.25, -0.2) is 16.8 Å². The Labute approximate surface area is 158 Å². The molecule has 1 aliphatic heterocycles. The lowest BCUT2D eigenvalue weighted by Crippen LogP contribution is -2.47. The van der Waals surface area contributed by atoms with Crippen LogP contribution in [0.5, 0.6) is 0 Å². The Kier molecular flexibility index (Phi) is 5.31. The van der Waals surface area contributed by atoms with Crippen molar-refractivity contribution in [2.75, 3.05) is 24.6 Å². The number of hydrogen-bond donors (Lipinski definition) is 1. The van der Waals surface area contributed by atoms with Gasteiger partial charge in [0.25, 0.3) is 0 Å². The fourth-order valence-corrected chi connectivity index (χ4v) is 6.80. The zero-order chi connectivity index (χ0) is 19.8. The largest absolute Gasteiger partial charge is 0.481 e. The molecule has 8 nitrogen and oxygen atoms in total. The van der Waals surface area contributed by atoms with Crippen molar-refractivity contribution >= 4 is 31.6 Å². The fourth-order valence-electron chi connectivity index (χ4n) is 3.76. The summed E-state index contributed by atoms with van der Waals surface area (Å²) in [7, 11) is -6.93. The molecule has 148 valence electrons. The summed E-state index contributed by atoms with van der Waals surface area (Å²) >= 11 is 0. The third kappa shape index (κ3) is 4.01. The van der Waals surface area contributed by atoms with E-state index in [1.807, 2.05) is 0 Å². The Balaban J connectivity index is 1.81. The van der Waals surface area contributed by atoms with E-state index in [-0.39, 0.29) is 42.3 Å². The summed E-state index contributed by atoms with van der Waals surface area (Å²) in [5.41, 5.74) is 0. The molecule has 1 saturated heterocycles. The molecule has 1 heterocycles. The highest BCUT2D eigenvalue weighted by atomic mass is 32.2. The number of carbonyl (C=O) groups excluding carboxylic acids is 1. The van der Waals surface area contributed by atoms with Gasteiger partial charge in [-0.05, 0) is 25.0 Å². The molecule has 2 aliphatic rings. The predicted molar refractivity (Wildman–Crippen MR) is 96.5 cm³/mol. The van der Waals surface area contributed by atoms with Gasteiger partial charge in [-0.15, -0.1) is 0 Å². The average molecular weight is 415 g/mol. The Hall–Kier alpha value is -1.94. The van der Waals surface area contributed by atoms with Crippen LogP contribution in [0.15, 0.2) is 35.2 Å². The first kappa shape index (κ1) is 19.8. The molecule has 0 unspecified atom stereocenters. The molecule has 3 rings (SSSR count). The number of aliphatic carboxylic acids is 1. The minimum Gasteiger partial charge on any atom is -0.481 e. The van der Waals surface area contributed by atoms with Crippen molar-refractivity contribution in [2.24, 2.45) is 11.8 Å². The van der Waals surface area contributed by atoms with Crippen LogP contribution in [0.25, 0.3) is 0 Å². The number of sulfone groups is 2. The second kappa shape index (κ2) is 7.23. The van der Waals surface area contributed by atoms with Crippen LogP contribution in [0.1, 0.15) is 12.8 Å². The minimum absolute atomic E-state index is 0.0140. The topological polar surface area (TPSA) is 126 Å². The van der Waals surface area contributed by atoms with Crippen LogP contribution in [-0.2, 0) is 29.3 Å². The maximum Gasteiger partial charge on any atom is 0.307 e. The maximum absolute atomic E-state index is 12.8.